The van der Waals surface area contributed by atoms with E-state index in [1.165, 1.54) is 0 Å². The molecule has 0 aliphatic carbocycles. The van der Waals surface area contributed by atoms with Gasteiger partial charge in [-0.3, -0.25) is 0 Å². The van der Waals surface area contributed by atoms with Crippen molar-refractivity contribution in [1.29, 1.82) is 0 Å². The van der Waals surface area contributed by atoms with Crippen LogP contribution >= 0.6 is 0 Å². The van der Waals surface area contributed by atoms with Gasteiger partial charge in [-0.15, -0.1) is 0 Å². The van der Waals surface area contributed by atoms with Gasteiger partial charge in [-0.25, -0.2) is 0 Å². The predicted molar refractivity (Wildman–Crippen MR) is 47.8 cm³/mol. The number of imide groups is 1. The number of hydrogen-bond acceptors (Lipinski definition) is 2. The van der Waals surface area contributed by atoms with Crippen LogP contribution in [0.15, 0.2) is 42.5 Å². The molecule has 0 saturated carbocycles. The van der Waals surface area contributed by atoms with Crippen LogP contribution < -0.4 is 0 Å². The summed E-state index contributed by atoms with van der Waals surface area (Å²) in [6, 6.07) is 12.5. The summed E-state index contributed by atoms with van der Waals surface area (Å²) in [6.07, 6.45) is 2.28. The van der Waals surface area contributed by atoms with Crippen LogP contribution in [0.5, 0.6) is 0 Å². The molecule has 1 radical (unpaired) electrons. The van der Waals surface area contributed by atoms with Crippen molar-refractivity contribution >= 4 is 11.8 Å². The maximum absolute atomic E-state index is 9.98. The van der Waals surface area contributed by atoms with Gasteiger partial charge in [-0.1, -0.05) is 0 Å². The molecule has 2 amide bonds. The summed E-state index contributed by atoms with van der Waals surface area (Å²) in [6.45, 7) is 0. The number of nitrogens with zero attached hydrogens (tertiary/aromatic N) is 1. The number of carbonyl (C=O) groups excluding carboxylic acids is 2. The minimum atomic E-state index is -0.454. The molecule has 0 fully saturated rings. The van der Waals surface area contributed by atoms with Crippen LogP contribution in [0, 0.1) is 6.07 Å². The Morgan fingerprint density at radius 2 is 1.43 bits per heavy atom. The minimum absolute atomic E-state index is 0. The van der Waals surface area contributed by atoms with Crippen molar-refractivity contribution in [2.24, 2.45) is 0 Å². The van der Waals surface area contributed by atoms with Gasteiger partial charge in [0.15, 0.2) is 0 Å². The largest absolute Gasteiger partial charge is 0.589 e. The monoisotopic (exact) mass is 370 g/mol. The second-order valence-corrected chi connectivity index (χ2v) is 2.20. The van der Waals surface area contributed by atoms with E-state index >= 15 is 0 Å². The van der Waals surface area contributed by atoms with Crippen LogP contribution in [0.3, 0.4) is 0 Å². The van der Waals surface area contributed by atoms with Crippen LogP contribution in [-0.4, -0.2) is 11.8 Å². The van der Waals surface area contributed by atoms with Crippen molar-refractivity contribution in [2.75, 3.05) is 0 Å². The quantitative estimate of drug-likeness (QED) is 0.395. The van der Waals surface area contributed by atoms with E-state index in [1.807, 2.05) is 30.3 Å². The first-order valence-electron chi connectivity index (χ1n) is 3.68. The Bertz CT molecular complexity index is 279. The van der Waals surface area contributed by atoms with E-state index in [4.69, 9.17) is 0 Å². The van der Waals surface area contributed by atoms with Gasteiger partial charge < -0.3 is 14.9 Å². The minimum Gasteiger partial charge on any atom is -0.589 e. The van der Waals surface area contributed by atoms with E-state index in [-0.39, 0.29) is 22.4 Å². The van der Waals surface area contributed by atoms with Crippen molar-refractivity contribution in [3.05, 3.63) is 53.9 Å². The fourth-order valence-corrected chi connectivity index (χ4v) is 0.668. The summed E-state index contributed by atoms with van der Waals surface area (Å²) in [4.78, 5) is 20.0. The Hall–Kier alpha value is -1.16. The van der Waals surface area contributed by atoms with E-state index in [0.29, 0.717) is 0 Å². The Morgan fingerprint density at radius 1 is 0.929 bits per heavy atom. The van der Waals surface area contributed by atoms with E-state index < -0.39 is 11.8 Å². The first-order valence-corrected chi connectivity index (χ1v) is 3.68. The number of carbonyl (C=O) groups is 2. The summed E-state index contributed by atoms with van der Waals surface area (Å²) in [5, 5.41) is 3.00. The second-order valence-electron chi connectivity index (χ2n) is 2.20. The Labute approximate surface area is 97.7 Å². The first-order chi connectivity index (χ1) is 6.29. The van der Waals surface area contributed by atoms with Gasteiger partial charge in [0.2, 0.25) is 0 Å². The average Bonchev–Trinajstić information content (AvgIpc) is 2.54. The van der Waals surface area contributed by atoms with E-state index in [0.717, 1.165) is 12.2 Å². The molecular weight excluding hydrogens is 363 g/mol. The molecule has 0 atom stereocenters. The molecule has 3 nitrogen and oxygen atoms in total. The van der Waals surface area contributed by atoms with Gasteiger partial charge in [0.25, 0.3) is 0 Å². The third-order valence-electron chi connectivity index (χ3n) is 1.20. The molecular formula is C10H7AuNO2-2. The van der Waals surface area contributed by atoms with Crippen molar-refractivity contribution in [3.63, 3.8) is 0 Å². The molecule has 0 aromatic heterocycles. The number of benzene rings is 1. The molecule has 1 aromatic rings. The number of rotatable bonds is 0. The summed E-state index contributed by atoms with van der Waals surface area (Å²) < 4.78 is 0. The van der Waals surface area contributed by atoms with E-state index in [2.05, 4.69) is 11.4 Å². The topological polar surface area (TPSA) is 48.2 Å². The van der Waals surface area contributed by atoms with Crippen LogP contribution in [0.1, 0.15) is 0 Å². The van der Waals surface area contributed by atoms with Crippen molar-refractivity contribution in [2.45, 2.75) is 0 Å². The molecule has 0 saturated heterocycles. The second kappa shape index (κ2) is 7.26. The van der Waals surface area contributed by atoms with Gasteiger partial charge in [-0.05, 0) is 12.2 Å². The Morgan fingerprint density at radius 3 is 1.57 bits per heavy atom. The first kappa shape index (κ1) is 12.8. The average molecular weight is 370 g/mol. The molecule has 1 aromatic carbocycles. The molecule has 0 unspecified atom stereocenters. The van der Waals surface area contributed by atoms with Gasteiger partial charge in [-0.2, -0.15) is 36.4 Å². The van der Waals surface area contributed by atoms with Gasteiger partial charge in [0, 0.05) is 22.4 Å². The zero-order valence-electron chi connectivity index (χ0n) is 7.11. The number of hydrogen-bond donors (Lipinski definition) is 0. The molecule has 1 aliphatic rings. The summed E-state index contributed by atoms with van der Waals surface area (Å²) in [5.41, 5.74) is 0. The zero-order chi connectivity index (χ0) is 9.52. The third-order valence-corrected chi connectivity index (χ3v) is 1.20. The standard InChI is InChI=1S/C6H5.C4H3NO2.Au/c1-2-4-6-5-3-1;6-3-1-2-4(7)5-3;/h1-5H;1-2H,(H,5,6,7);/q-1;;/p-1. The Balaban J connectivity index is 0.000000227. The maximum Gasteiger partial charge on any atom is 0.0803 e. The van der Waals surface area contributed by atoms with Crippen LogP contribution in [0.4, 0.5) is 0 Å². The van der Waals surface area contributed by atoms with E-state index in [9.17, 15) is 9.59 Å². The fourth-order valence-electron chi connectivity index (χ4n) is 0.668. The Kier molecular flexibility index (Phi) is 6.66. The van der Waals surface area contributed by atoms with Gasteiger partial charge in [0.05, 0.1) is 11.8 Å². The van der Waals surface area contributed by atoms with Crippen molar-refractivity contribution in [1.82, 2.24) is 0 Å². The molecule has 14 heavy (non-hydrogen) atoms. The van der Waals surface area contributed by atoms with Gasteiger partial charge in [0.1, 0.15) is 0 Å². The third kappa shape index (κ3) is 5.48. The van der Waals surface area contributed by atoms with Crippen molar-refractivity contribution < 1.29 is 32.0 Å². The van der Waals surface area contributed by atoms with Crippen molar-refractivity contribution in [3.8, 4) is 0 Å². The SMILES string of the molecule is O=C1C=CC(=O)[N-]1.[Au].[c-]1ccccc1. The van der Waals surface area contributed by atoms with Crippen LogP contribution in [0.2, 0.25) is 0 Å². The molecule has 1 aliphatic heterocycles. The van der Waals surface area contributed by atoms with Crippen LogP contribution in [-0.2, 0) is 32.0 Å². The molecule has 77 valence electrons. The molecule has 4 heteroatoms. The summed E-state index contributed by atoms with van der Waals surface area (Å²) in [7, 11) is 0. The molecule has 2 rings (SSSR count). The maximum atomic E-state index is 9.98. The predicted octanol–water partition coefficient (Wildman–Crippen LogP) is 1.47. The smallest absolute Gasteiger partial charge is 0.0803 e. The normalized spacial score (nSPS) is 12.3. The summed E-state index contributed by atoms with van der Waals surface area (Å²) in [5.74, 6) is -0.907. The van der Waals surface area contributed by atoms with Crippen LogP contribution in [0.25, 0.3) is 5.32 Å². The molecule has 1 heterocycles. The molecule has 0 N–H and O–H groups in total. The zero-order valence-corrected chi connectivity index (χ0v) is 9.27. The van der Waals surface area contributed by atoms with E-state index in [1.54, 1.807) is 0 Å². The molecule has 0 bridgehead atoms. The summed E-state index contributed by atoms with van der Waals surface area (Å²) >= 11 is 0. The van der Waals surface area contributed by atoms with Gasteiger partial charge >= 0.3 is 0 Å². The molecule has 0 spiro atoms. The fraction of sp³-hybridized carbons (Fsp3) is 0. The number of amides is 2.